The van der Waals surface area contributed by atoms with E-state index in [0.717, 1.165) is 18.9 Å². The Morgan fingerprint density at radius 2 is 2.14 bits per heavy atom. The largest absolute Gasteiger partial charge is 0.391 e. The van der Waals surface area contributed by atoms with Crippen LogP contribution in [0.2, 0.25) is 5.02 Å². The summed E-state index contributed by atoms with van der Waals surface area (Å²) in [6.45, 7) is 1.39. The zero-order chi connectivity index (χ0) is 15.8. The van der Waals surface area contributed by atoms with Crippen LogP contribution in [0.5, 0.6) is 0 Å². The van der Waals surface area contributed by atoms with Crippen LogP contribution in [0.25, 0.3) is 0 Å². The first kappa shape index (κ1) is 16.2. The number of hydrogen-bond acceptors (Lipinski definition) is 5. The van der Waals surface area contributed by atoms with E-state index in [1.54, 1.807) is 0 Å². The lowest BCUT2D eigenvalue weighted by molar-refractivity contribution is -0.384. The highest BCUT2D eigenvalue weighted by atomic mass is 35.5. The van der Waals surface area contributed by atoms with Crippen molar-refractivity contribution < 1.29 is 18.4 Å². The van der Waals surface area contributed by atoms with Crippen LogP contribution in [0, 0.1) is 23.0 Å². The van der Waals surface area contributed by atoms with Gasteiger partial charge in [-0.25, -0.2) is 13.1 Å². The summed E-state index contributed by atoms with van der Waals surface area (Å²) in [6.07, 6.45) is 1.03. The van der Waals surface area contributed by atoms with E-state index >= 15 is 0 Å². The molecule has 1 saturated carbocycles. The predicted molar refractivity (Wildman–Crippen MR) is 76.8 cm³/mol. The van der Waals surface area contributed by atoms with E-state index in [1.807, 2.05) is 0 Å². The molecule has 0 aliphatic heterocycles. The smallest absolute Gasteiger partial charge is 0.289 e. The summed E-state index contributed by atoms with van der Waals surface area (Å²) in [5.74, 6) is 0.133. The Labute approximate surface area is 127 Å². The summed E-state index contributed by atoms with van der Waals surface area (Å²) in [5, 5.41) is 20.4. The third-order valence-electron chi connectivity index (χ3n) is 3.38. The van der Waals surface area contributed by atoms with Crippen molar-refractivity contribution in [2.45, 2.75) is 30.8 Å². The number of nitrogens with one attached hydrogen (secondary N) is 1. The fourth-order valence-electron chi connectivity index (χ4n) is 1.99. The number of hydrogen-bond donors (Lipinski definition) is 2. The van der Waals surface area contributed by atoms with Gasteiger partial charge in [-0.2, -0.15) is 0 Å². The molecule has 2 rings (SSSR count). The second kappa shape index (κ2) is 5.88. The van der Waals surface area contributed by atoms with Gasteiger partial charge in [0.2, 0.25) is 10.0 Å². The lowest BCUT2D eigenvalue weighted by Crippen LogP contribution is -2.33. The molecule has 1 unspecified atom stereocenters. The first-order valence-corrected chi connectivity index (χ1v) is 8.20. The van der Waals surface area contributed by atoms with Crippen LogP contribution < -0.4 is 4.72 Å². The number of sulfonamides is 1. The number of nitro groups is 1. The highest BCUT2D eigenvalue weighted by molar-refractivity contribution is 7.89. The molecule has 0 heterocycles. The summed E-state index contributed by atoms with van der Waals surface area (Å²) in [6, 6.07) is 2.18. The molecule has 1 aromatic rings. The maximum absolute atomic E-state index is 12.2. The van der Waals surface area contributed by atoms with Crippen molar-refractivity contribution in [2.24, 2.45) is 5.92 Å². The van der Waals surface area contributed by atoms with E-state index in [9.17, 15) is 23.6 Å². The Kier molecular flexibility index (Phi) is 4.52. The number of halogens is 1. The number of benzene rings is 1. The molecule has 0 amide bonds. The first-order valence-electron chi connectivity index (χ1n) is 6.34. The second-order valence-corrected chi connectivity index (χ2v) is 7.23. The minimum absolute atomic E-state index is 0.108. The van der Waals surface area contributed by atoms with Crippen LogP contribution in [-0.4, -0.2) is 31.1 Å². The number of rotatable bonds is 6. The average molecular weight is 335 g/mol. The first-order chi connectivity index (χ1) is 9.72. The van der Waals surface area contributed by atoms with Gasteiger partial charge in [0.25, 0.3) is 5.69 Å². The summed E-state index contributed by atoms with van der Waals surface area (Å²) in [4.78, 5) is 9.90. The van der Waals surface area contributed by atoms with Crippen LogP contribution >= 0.6 is 11.6 Å². The molecule has 2 N–H and O–H groups in total. The Bertz CT molecular complexity index is 672. The molecule has 0 bridgehead atoms. The Hall–Kier alpha value is -1.22. The number of nitrogens with zero attached hydrogens (tertiary/aromatic N) is 1. The lowest BCUT2D eigenvalue weighted by atomic mass is 10.2. The van der Waals surface area contributed by atoms with Crippen LogP contribution in [0.1, 0.15) is 18.4 Å². The molecule has 9 heteroatoms. The van der Waals surface area contributed by atoms with Crippen LogP contribution in [0.4, 0.5) is 5.69 Å². The van der Waals surface area contributed by atoms with E-state index in [2.05, 4.69) is 4.72 Å². The van der Waals surface area contributed by atoms with Gasteiger partial charge in [0.1, 0.15) is 5.02 Å². The van der Waals surface area contributed by atoms with Crippen molar-refractivity contribution in [2.75, 3.05) is 6.54 Å². The van der Waals surface area contributed by atoms with E-state index in [1.165, 1.54) is 13.0 Å². The van der Waals surface area contributed by atoms with E-state index in [0.29, 0.717) is 5.56 Å². The quantitative estimate of drug-likeness (QED) is 0.606. The number of nitro benzene ring substituents is 1. The van der Waals surface area contributed by atoms with Gasteiger partial charge in [0.15, 0.2) is 0 Å². The fourth-order valence-corrected chi connectivity index (χ4v) is 3.57. The maximum Gasteiger partial charge on any atom is 0.289 e. The molecular weight excluding hydrogens is 320 g/mol. The van der Waals surface area contributed by atoms with E-state index in [-0.39, 0.29) is 22.4 Å². The number of aliphatic hydroxyl groups is 1. The summed E-state index contributed by atoms with van der Waals surface area (Å²) < 4.78 is 26.7. The molecule has 0 radical (unpaired) electrons. The molecule has 0 aromatic heterocycles. The Balaban J connectivity index is 2.26. The van der Waals surface area contributed by atoms with Gasteiger partial charge < -0.3 is 5.11 Å². The molecule has 0 saturated heterocycles. The molecule has 1 aliphatic rings. The minimum atomic E-state index is -3.94. The van der Waals surface area contributed by atoms with Gasteiger partial charge in [-0.1, -0.05) is 11.6 Å². The van der Waals surface area contributed by atoms with Gasteiger partial charge in [-0.15, -0.1) is 0 Å². The maximum atomic E-state index is 12.2. The third-order valence-corrected chi connectivity index (χ3v) is 5.25. The Morgan fingerprint density at radius 3 is 2.67 bits per heavy atom. The summed E-state index contributed by atoms with van der Waals surface area (Å²) in [7, 11) is -3.94. The highest BCUT2D eigenvalue weighted by Crippen LogP contribution is 2.33. The molecular formula is C12H15ClN2O5S. The van der Waals surface area contributed by atoms with Gasteiger partial charge in [-0.3, -0.25) is 10.1 Å². The topological polar surface area (TPSA) is 110 Å². The normalized spacial score (nSPS) is 16.7. The molecule has 1 atom stereocenters. The van der Waals surface area contributed by atoms with Crippen molar-refractivity contribution in [3.63, 3.8) is 0 Å². The SMILES string of the molecule is Cc1cc(Cl)c([N+](=O)[O-])cc1S(=O)(=O)NCC(O)C1CC1. The molecule has 1 aromatic carbocycles. The van der Waals surface area contributed by atoms with Crippen LogP contribution in [-0.2, 0) is 10.0 Å². The highest BCUT2D eigenvalue weighted by Gasteiger charge is 2.31. The fraction of sp³-hybridized carbons (Fsp3) is 0.500. The van der Waals surface area contributed by atoms with Crippen molar-refractivity contribution >= 4 is 27.3 Å². The van der Waals surface area contributed by atoms with Gasteiger partial charge in [0.05, 0.1) is 15.9 Å². The van der Waals surface area contributed by atoms with Crippen molar-refractivity contribution in [3.05, 3.63) is 32.8 Å². The van der Waals surface area contributed by atoms with Gasteiger partial charge >= 0.3 is 0 Å². The summed E-state index contributed by atoms with van der Waals surface area (Å²) >= 11 is 5.73. The minimum Gasteiger partial charge on any atom is -0.391 e. The zero-order valence-electron chi connectivity index (χ0n) is 11.2. The van der Waals surface area contributed by atoms with Crippen LogP contribution in [0.15, 0.2) is 17.0 Å². The zero-order valence-corrected chi connectivity index (χ0v) is 12.8. The average Bonchev–Trinajstić information content (AvgIpc) is 3.19. The number of aliphatic hydroxyl groups excluding tert-OH is 1. The molecule has 7 nitrogen and oxygen atoms in total. The molecule has 0 spiro atoms. The second-order valence-electron chi connectivity index (χ2n) is 5.08. The standard InChI is InChI=1S/C12H15ClN2O5S/c1-7-4-9(13)10(15(17)18)5-12(7)21(19,20)14-6-11(16)8-2-3-8/h4-5,8,11,14,16H,2-3,6H2,1H3. The van der Waals surface area contributed by atoms with E-state index < -0.39 is 26.7 Å². The van der Waals surface area contributed by atoms with Crippen molar-refractivity contribution in [1.82, 2.24) is 4.72 Å². The number of aryl methyl sites for hydroxylation is 1. The summed E-state index contributed by atoms with van der Waals surface area (Å²) in [5.41, 5.74) is -0.163. The van der Waals surface area contributed by atoms with Crippen LogP contribution in [0.3, 0.4) is 0 Å². The van der Waals surface area contributed by atoms with Gasteiger partial charge in [-0.05, 0) is 37.3 Å². The monoisotopic (exact) mass is 334 g/mol. The Morgan fingerprint density at radius 1 is 1.52 bits per heavy atom. The van der Waals surface area contributed by atoms with Gasteiger partial charge in [0, 0.05) is 12.6 Å². The van der Waals surface area contributed by atoms with Crippen molar-refractivity contribution in [1.29, 1.82) is 0 Å². The predicted octanol–water partition coefficient (Wildman–Crippen LogP) is 1.61. The molecule has 1 fully saturated rings. The lowest BCUT2D eigenvalue weighted by Gasteiger charge is -2.13. The molecule has 1 aliphatic carbocycles. The van der Waals surface area contributed by atoms with E-state index in [4.69, 9.17) is 11.6 Å². The molecule has 116 valence electrons. The molecule has 21 heavy (non-hydrogen) atoms. The third kappa shape index (κ3) is 3.70. The van der Waals surface area contributed by atoms with Crippen molar-refractivity contribution in [3.8, 4) is 0 Å².